The number of amides is 2. The Morgan fingerprint density at radius 3 is 2.76 bits per heavy atom. The number of rotatable bonds is 5. The van der Waals surface area contributed by atoms with Crippen molar-refractivity contribution in [1.82, 2.24) is 0 Å². The van der Waals surface area contributed by atoms with Crippen LogP contribution in [-0.2, 0) is 4.79 Å². The first kappa shape index (κ1) is 15.6. The molecule has 6 heteroatoms. The topological polar surface area (TPSA) is 72.2 Å². The molecule has 2 amide bonds. The number of thiophene rings is 1. The molecular weight excluding hydrogens is 304 g/mol. The molecule has 1 atom stereocenters. The van der Waals surface area contributed by atoms with E-state index in [0.29, 0.717) is 10.6 Å². The lowest BCUT2D eigenvalue weighted by Gasteiger charge is -2.12. The molecule has 0 saturated heterocycles. The number of nitrogens with one attached hydrogen (secondary N) is 1. The zero-order valence-electron chi connectivity index (χ0n) is 11.8. The SMILES string of the molecule is Cc1cccc(SC(C)C(=O)Nc2sccc2C(N)=O)c1. The Hall–Kier alpha value is -1.79. The summed E-state index contributed by atoms with van der Waals surface area (Å²) in [4.78, 5) is 24.5. The van der Waals surface area contributed by atoms with Crippen molar-refractivity contribution in [2.24, 2.45) is 5.73 Å². The standard InChI is InChI=1S/C15H16N2O2S2/c1-9-4-3-5-11(8-9)21-10(2)14(19)17-15-12(13(16)18)6-7-20-15/h3-8,10H,1-2H3,(H2,16,18)(H,17,19). The van der Waals surface area contributed by atoms with Crippen LogP contribution in [0.2, 0.25) is 0 Å². The molecular formula is C15H16N2O2S2. The first-order valence-corrected chi connectivity index (χ1v) is 8.15. The molecule has 0 aliphatic carbocycles. The Labute approximate surface area is 131 Å². The molecule has 1 aromatic carbocycles. The van der Waals surface area contributed by atoms with E-state index in [1.54, 1.807) is 11.4 Å². The van der Waals surface area contributed by atoms with E-state index in [2.05, 4.69) is 5.32 Å². The molecule has 0 spiro atoms. The van der Waals surface area contributed by atoms with Crippen LogP contribution in [0.5, 0.6) is 0 Å². The lowest BCUT2D eigenvalue weighted by molar-refractivity contribution is -0.115. The predicted octanol–water partition coefficient (Wildman–Crippen LogP) is 3.27. The van der Waals surface area contributed by atoms with Gasteiger partial charge in [-0.3, -0.25) is 9.59 Å². The summed E-state index contributed by atoms with van der Waals surface area (Å²) in [5.41, 5.74) is 6.77. The highest BCUT2D eigenvalue weighted by atomic mass is 32.2. The summed E-state index contributed by atoms with van der Waals surface area (Å²) in [7, 11) is 0. The van der Waals surface area contributed by atoms with Gasteiger partial charge in [0, 0.05) is 4.90 Å². The van der Waals surface area contributed by atoms with Crippen molar-refractivity contribution < 1.29 is 9.59 Å². The van der Waals surface area contributed by atoms with E-state index < -0.39 is 5.91 Å². The van der Waals surface area contributed by atoms with Crippen molar-refractivity contribution >= 4 is 39.9 Å². The highest BCUT2D eigenvalue weighted by Crippen LogP contribution is 2.27. The fraction of sp³-hybridized carbons (Fsp3) is 0.200. The second kappa shape index (κ2) is 6.78. The van der Waals surface area contributed by atoms with Crippen LogP contribution in [0.15, 0.2) is 40.6 Å². The number of benzene rings is 1. The normalized spacial score (nSPS) is 11.9. The van der Waals surface area contributed by atoms with Gasteiger partial charge in [0.05, 0.1) is 10.8 Å². The number of anilines is 1. The lowest BCUT2D eigenvalue weighted by Crippen LogP contribution is -2.23. The number of thioether (sulfide) groups is 1. The molecule has 2 rings (SSSR count). The van der Waals surface area contributed by atoms with Gasteiger partial charge in [0.15, 0.2) is 0 Å². The lowest BCUT2D eigenvalue weighted by atomic mass is 10.2. The molecule has 1 unspecified atom stereocenters. The Kier molecular flexibility index (Phi) is 5.03. The maximum Gasteiger partial charge on any atom is 0.251 e. The Bertz CT molecular complexity index is 667. The third-order valence-corrected chi connectivity index (χ3v) is 4.76. The molecule has 0 fully saturated rings. The van der Waals surface area contributed by atoms with Crippen LogP contribution in [0.4, 0.5) is 5.00 Å². The largest absolute Gasteiger partial charge is 0.366 e. The van der Waals surface area contributed by atoms with E-state index in [1.807, 2.05) is 38.1 Å². The van der Waals surface area contributed by atoms with E-state index in [1.165, 1.54) is 23.1 Å². The van der Waals surface area contributed by atoms with Gasteiger partial charge in [-0.05, 0) is 37.4 Å². The van der Waals surface area contributed by atoms with Gasteiger partial charge in [-0.1, -0.05) is 17.7 Å². The third kappa shape index (κ3) is 4.09. The van der Waals surface area contributed by atoms with Gasteiger partial charge in [0.1, 0.15) is 5.00 Å². The molecule has 0 radical (unpaired) electrons. The Morgan fingerprint density at radius 1 is 1.33 bits per heavy atom. The third-order valence-electron chi connectivity index (χ3n) is 2.84. The summed E-state index contributed by atoms with van der Waals surface area (Å²) in [5.74, 6) is -0.683. The van der Waals surface area contributed by atoms with Crippen molar-refractivity contribution in [3.8, 4) is 0 Å². The van der Waals surface area contributed by atoms with Gasteiger partial charge in [-0.2, -0.15) is 0 Å². The second-order valence-electron chi connectivity index (χ2n) is 4.59. The van der Waals surface area contributed by atoms with Crippen molar-refractivity contribution in [2.75, 3.05) is 5.32 Å². The van der Waals surface area contributed by atoms with E-state index in [-0.39, 0.29) is 11.2 Å². The average Bonchev–Trinajstić information content (AvgIpc) is 2.87. The van der Waals surface area contributed by atoms with Crippen LogP contribution in [0, 0.1) is 6.92 Å². The van der Waals surface area contributed by atoms with Crippen molar-refractivity contribution in [3.05, 3.63) is 46.8 Å². The van der Waals surface area contributed by atoms with Crippen LogP contribution < -0.4 is 11.1 Å². The van der Waals surface area contributed by atoms with Crippen LogP contribution in [0.3, 0.4) is 0 Å². The van der Waals surface area contributed by atoms with Gasteiger partial charge in [-0.15, -0.1) is 23.1 Å². The van der Waals surface area contributed by atoms with Gasteiger partial charge in [0.2, 0.25) is 5.91 Å². The molecule has 3 N–H and O–H groups in total. The number of carbonyl (C=O) groups excluding carboxylic acids is 2. The predicted molar refractivity (Wildman–Crippen MR) is 88.0 cm³/mol. The second-order valence-corrected chi connectivity index (χ2v) is 6.92. The highest BCUT2D eigenvalue weighted by molar-refractivity contribution is 8.00. The quantitative estimate of drug-likeness (QED) is 0.831. The van der Waals surface area contributed by atoms with Gasteiger partial charge in [-0.25, -0.2) is 0 Å². The molecule has 0 saturated carbocycles. The van der Waals surface area contributed by atoms with E-state index in [4.69, 9.17) is 5.73 Å². The Morgan fingerprint density at radius 2 is 2.10 bits per heavy atom. The molecule has 4 nitrogen and oxygen atoms in total. The first-order chi connectivity index (χ1) is 9.97. The van der Waals surface area contributed by atoms with Crippen LogP contribution >= 0.6 is 23.1 Å². The van der Waals surface area contributed by atoms with Crippen molar-refractivity contribution in [1.29, 1.82) is 0 Å². The van der Waals surface area contributed by atoms with Gasteiger partial charge in [0.25, 0.3) is 5.91 Å². The maximum absolute atomic E-state index is 12.2. The molecule has 1 aromatic heterocycles. The Balaban J connectivity index is 2.03. The molecule has 21 heavy (non-hydrogen) atoms. The molecule has 110 valence electrons. The molecule has 2 aromatic rings. The zero-order valence-corrected chi connectivity index (χ0v) is 13.4. The average molecular weight is 320 g/mol. The smallest absolute Gasteiger partial charge is 0.251 e. The number of primary amides is 1. The molecule has 0 bridgehead atoms. The molecule has 0 aliphatic rings. The number of hydrogen-bond donors (Lipinski definition) is 2. The summed E-state index contributed by atoms with van der Waals surface area (Å²) in [6.45, 7) is 3.85. The minimum atomic E-state index is -0.537. The molecule has 0 aliphatic heterocycles. The number of aryl methyl sites for hydroxylation is 1. The summed E-state index contributed by atoms with van der Waals surface area (Å²) in [6, 6.07) is 9.60. The van der Waals surface area contributed by atoms with E-state index in [0.717, 1.165) is 10.5 Å². The molecule has 1 heterocycles. The zero-order chi connectivity index (χ0) is 15.4. The van der Waals surface area contributed by atoms with Crippen molar-refractivity contribution in [2.45, 2.75) is 24.0 Å². The van der Waals surface area contributed by atoms with Crippen LogP contribution in [0.25, 0.3) is 0 Å². The fourth-order valence-electron chi connectivity index (χ4n) is 1.76. The maximum atomic E-state index is 12.2. The van der Waals surface area contributed by atoms with Gasteiger partial charge < -0.3 is 11.1 Å². The van der Waals surface area contributed by atoms with Crippen LogP contribution in [0.1, 0.15) is 22.8 Å². The van der Waals surface area contributed by atoms with Crippen molar-refractivity contribution in [3.63, 3.8) is 0 Å². The number of nitrogens with two attached hydrogens (primary N) is 1. The minimum Gasteiger partial charge on any atom is -0.366 e. The monoisotopic (exact) mass is 320 g/mol. The van der Waals surface area contributed by atoms with E-state index in [9.17, 15) is 9.59 Å². The van der Waals surface area contributed by atoms with Gasteiger partial charge >= 0.3 is 0 Å². The number of carbonyl (C=O) groups is 2. The minimum absolute atomic E-state index is 0.147. The highest BCUT2D eigenvalue weighted by Gasteiger charge is 2.18. The first-order valence-electron chi connectivity index (χ1n) is 6.39. The fourth-order valence-corrected chi connectivity index (χ4v) is 3.54. The summed E-state index contributed by atoms with van der Waals surface area (Å²) in [6.07, 6.45) is 0. The summed E-state index contributed by atoms with van der Waals surface area (Å²) >= 11 is 2.77. The van der Waals surface area contributed by atoms with Crippen LogP contribution in [-0.4, -0.2) is 17.1 Å². The summed E-state index contributed by atoms with van der Waals surface area (Å²) < 4.78 is 0. The van der Waals surface area contributed by atoms with E-state index >= 15 is 0 Å². The number of hydrogen-bond acceptors (Lipinski definition) is 4. The summed E-state index contributed by atoms with van der Waals surface area (Å²) in [5, 5.41) is 4.73.